The number of benzene rings is 2. The van der Waals surface area contributed by atoms with Crippen molar-refractivity contribution in [1.82, 2.24) is 5.43 Å². The van der Waals surface area contributed by atoms with E-state index in [1.54, 1.807) is 43.3 Å². The maximum Gasteiger partial charge on any atom is 0.277 e. The number of carbonyl (C=O) groups excluding carboxylic acids is 2. The van der Waals surface area contributed by atoms with Crippen molar-refractivity contribution in [3.63, 3.8) is 0 Å². The maximum atomic E-state index is 12.5. The van der Waals surface area contributed by atoms with Crippen LogP contribution >= 0.6 is 11.6 Å². The molecule has 0 spiro atoms. The summed E-state index contributed by atoms with van der Waals surface area (Å²) < 4.78 is 5.32. The van der Waals surface area contributed by atoms with E-state index < -0.39 is 11.8 Å². The number of ether oxygens (including phenoxy) is 1. The Morgan fingerprint density at radius 2 is 1.96 bits per heavy atom. The van der Waals surface area contributed by atoms with Gasteiger partial charge in [0, 0.05) is 11.2 Å². The molecule has 0 saturated carbocycles. The van der Waals surface area contributed by atoms with Crippen molar-refractivity contribution in [2.75, 3.05) is 11.6 Å². The highest BCUT2D eigenvalue weighted by Crippen LogP contribution is 2.22. The third kappa shape index (κ3) is 4.71. The molecule has 1 atom stereocenters. The van der Waals surface area contributed by atoms with Gasteiger partial charge < -0.3 is 4.74 Å². The van der Waals surface area contributed by atoms with E-state index in [-0.39, 0.29) is 12.5 Å². The first kappa shape index (κ1) is 18.6. The van der Waals surface area contributed by atoms with E-state index in [9.17, 15) is 9.59 Å². The summed E-state index contributed by atoms with van der Waals surface area (Å²) in [6.07, 6.45) is 1.37. The summed E-state index contributed by atoms with van der Waals surface area (Å²) in [5.74, 6) is -0.774. The molecule has 7 nitrogen and oxygen atoms in total. The molecule has 0 fully saturated rings. The van der Waals surface area contributed by atoms with Gasteiger partial charge in [-0.1, -0.05) is 29.8 Å². The molecule has 2 aromatic rings. The van der Waals surface area contributed by atoms with Gasteiger partial charge in [0.15, 0.2) is 6.61 Å². The van der Waals surface area contributed by atoms with Crippen LogP contribution in [0.3, 0.4) is 0 Å². The fraction of sp³-hybridized carbons (Fsp3) is 0.158. The van der Waals surface area contributed by atoms with E-state index in [1.165, 1.54) is 11.2 Å². The Morgan fingerprint density at radius 1 is 1.26 bits per heavy atom. The second-order valence-corrected chi connectivity index (χ2v) is 6.20. The van der Waals surface area contributed by atoms with Crippen LogP contribution in [0.5, 0.6) is 5.75 Å². The van der Waals surface area contributed by atoms with Crippen LogP contribution in [0.1, 0.15) is 6.92 Å². The predicted octanol–water partition coefficient (Wildman–Crippen LogP) is 2.86. The summed E-state index contributed by atoms with van der Waals surface area (Å²) in [6.45, 7) is 1.53. The third-order valence-corrected chi connectivity index (χ3v) is 4.03. The van der Waals surface area contributed by atoms with Crippen LogP contribution in [-0.4, -0.2) is 30.3 Å². The average Bonchev–Trinajstić information content (AvgIpc) is 2.96. The van der Waals surface area contributed by atoms with E-state index >= 15 is 0 Å². The summed E-state index contributed by atoms with van der Waals surface area (Å²) in [5, 5.41) is 10.0. The fourth-order valence-electron chi connectivity index (χ4n) is 2.40. The average molecular weight is 385 g/mol. The van der Waals surface area contributed by atoms with Crippen LogP contribution in [0, 0.1) is 5.92 Å². The number of nitrogens with zero attached hydrogens (tertiary/aromatic N) is 3. The highest BCUT2D eigenvalue weighted by molar-refractivity contribution is 6.30. The number of hydrogen-bond donors (Lipinski definition) is 1. The van der Waals surface area contributed by atoms with Crippen molar-refractivity contribution in [2.24, 2.45) is 16.1 Å². The zero-order chi connectivity index (χ0) is 19.2. The second-order valence-electron chi connectivity index (χ2n) is 5.76. The lowest BCUT2D eigenvalue weighted by Crippen LogP contribution is -2.30. The smallest absolute Gasteiger partial charge is 0.277 e. The summed E-state index contributed by atoms with van der Waals surface area (Å²) in [5.41, 5.74) is 3.62. The molecule has 2 amide bonds. The molecule has 0 aromatic heterocycles. The molecular formula is C19H17ClN4O3. The van der Waals surface area contributed by atoms with Crippen LogP contribution in [0.2, 0.25) is 5.02 Å². The van der Waals surface area contributed by atoms with Crippen LogP contribution in [-0.2, 0) is 9.59 Å². The summed E-state index contributed by atoms with van der Waals surface area (Å²) in [6, 6.07) is 15.8. The molecule has 1 aliphatic rings. The van der Waals surface area contributed by atoms with E-state index in [2.05, 4.69) is 15.6 Å². The molecular weight excluding hydrogens is 368 g/mol. The van der Waals surface area contributed by atoms with Crippen molar-refractivity contribution >= 4 is 41.0 Å². The van der Waals surface area contributed by atoms with E-state index in [1.807, 2.05) is 18.2 Å². The molecule has 1 aliphatic heterocycles. The first-order valence-electron chi connectivity index (χ1n) is 8.19. The lowest BCUT2D eigenvalue weighted by atomic mass is 10.1. The highest BCUT2D eigenvalue weighted by Gasteiger charge is 2.33. The largest absolute Gasteiger partial charge is 0.484 e. The van der Waals surface area contributed by atoms with E-state index in [0.29, 0.717) is 22.2 Å². The van der Waals surface area contributed by atoms with Gasteiger partial charge in [-0.3, -0.25) is 9.59 Å². The number of hydrazone groups is 2. The lowest BCUT2D eigenvalue weighted by molar-refractivity contribution is -0.123. The molecule has 2 aromatic carbocycles. The van der Waals surface area contributed by atoms with Crippen molar-refractivity contribution in [3.8, 4) is 5.75 Å². The molecule has 3 rings (SSSR count). The molecule has 0 bridgehead atoms. The Balaban J connectivity index is 1.52. The number of para-hydroxylation sites is 1. The maximum absolute atomic E-state index is 12.5. The van der Waals surface area contributed by atoms with Gasteiger partial charge in [-0.15, -0.1) is 0 Å². The molecule has 0 unspecified atom stereocenters. The van der Waals surface area contributed by atoms with E-state index in [4.69, 9.17) is 16.3 Å². The number of anilines is 1. The van der Waals surface area contributed by atoms with Gasteiger partial charge in [0.2, 0.25) is 0 Å². The molecule has 27 heavy (non-hydrogen) atoms. The van der Waals surface area contributed by atoms with E-state index in [0.717, 1.165) is 0 Å². The Kier molecular flexibility index (Phi) is 5.83. The Hall–Kier alpha value is -3.19. The summed E-state index contributed by atoms with van der Waals surface area (Å²) in [7, 11) is 0. The number of nitrogens with one attached hydrogen (secondary N) is 1. The molecule has 138 valence electrons. The van der Waals surface area contributed by atoms with Crippen LogP contribution in [0.25, 0.3) is 0 Å². The quantitative estimate of drug-likeness (QED) is 0.614. The molecule has 0 radical (unpaired) electrons. The molecule has 0 saturated heterocycles. The van der Waals surface area contributed by atoms with Gasteiger partial charge in [-0.2, -0.15) is 15.2 Å². The molecule has 8 heteroatoms. The fourth-order valence-corrected chi connectivity index (χ4v) is 2.53. The van der Waals surface area contributed by atoms with Crippen LogP contribution < -0.4 is 15.2 Å². The van der Waals surface area contributed by atoms with Crippen LogP contribution in [0.15, 0.2) is 64.8 Å². The number of amides is 2. The number of hydrogen-bond acceptors (Lipinski definition) is 5. The topological polar surface area (TPSA) is 83.4 Å². The van der Waals surface area contributed by atoms with Crippen LogP contribution in [0.4, 0.5) is 5.69 Å². The van der Waals surface area contributed by atoms with Gasteiger partial charge in [0.1, 0.15) is 11.7 Å². The Labute approximate surface area is 161 Å². The van der Waals surface area contributed by atoms with Crippen molar-refractivity contribution in [2.45, 2.75) is 6.92 Å². The van der Waals surface area contributed by atoms with Gasteiger partial charge in [0.25, 0.3) is 11.8 Å². The van der Waals surface area contributed by atoms with Gasteiger partial charge in [-0.05, 0) is 43.3 Å². The number of halogens is 1. The third-order valence-electron chi connectivity index (χ3n) is 3.78. The lowest BCUT2D eigenvalue weighted by Gasteiger charge is -2.12. The Bertz CT molecular complexity index is 882. The zero-order valence-corrected chi connectivity index (χ0v) is 15.3. The minimum atomic E-state index is -0.623. The minimum absolute atomic E-state index is 0.208. The zero-order valence-electron chi connectivity index (χ0n) is 14.5. The Morgan fingerprint density at radius 3 is 2.67 bits per heavy atom. The predicted molar refractivity (Wildman–Crippen MR) is 104 cm³/mol. The first-order valence-corrected chi connectivity index (χ1v) is 8.57. The van der Waals surface area contributed by atoms with Crippen molar-refractivity contribution in [1.29, 1.82) is 0 Å². The SMILES string of the molecule is CC1=NN(c2ccccc2)C(=O)[C@@H]1/C=N\NC(=O)COc1ccc(Cl)cc1. The summed E-state index contributed by atoms with van der Waals surface area (Å²) >= 11 is 5.78. The molecule has 1 heterocycles. The standard InChI is InChI=1S/C19H17ClN4O3/c1-13-17(19(26)24(23-13)15-5-3-2-4-6-15)11-21-22-18(25)12-27-16-9-7-14(20)8-10-16/h2-11,17H,12H2,1H3,(H,22,25)/b21-11-/t17-/m1/s1. The second kappa shape index (κ2) is 8.46. The van der Waals surface area contributed by atoms with Gasteiger partial charge >= 0.3 is 0 Å². The number of carbonyl (C=O) groups is 2. The van der Waals surface area contributed by atoms with Crippen molar-refractivity contribution < 1.29 is 14.3 Å². The minimum Gasteiger partial charge on any atom is -0.484 e. The first-order chi connectivity index (χ1) is 13.0. The molecule has 1 N–H and O–H groups in total. The monoisotopic (exact) mass is 384 g/mol. The number of rotatable bonds is 6. The van der Waals surface area contributed by atoms with Gasteiger partial charge in [-0.25, -0.2) is 5.43 Å². The molecule has 0 aliphatic carbocycles. The summed E-state index contributed by atoms with van der Waals surface area (Å²) in [4.78, 5) is 24.3. The normalized spacial score (nSPS) is 16.5. The highest BCUT2D eigenvalue weighted by atomic mass is 35.5. The van der Waals surface area contributed by atoms with Gasteiger partial charge in [0.05, 0.1) is 11.4 Å². The van der Waals surface area contributed by atoms with Crippen molar-refractivity contribution in [3.05, 3.63) is 59.6 Å².